The van der Waals surface area contributed by atoms with Crippen molar-refractivity contribution in [3.63, 3.8) is 0 Å². The summed E-state index contributed by atoms with van der Waals surface area (Å²) in [4.78, 5) is 62.2. The zero-order valence-corrected chi connectivity index (χ0v) is 19.5. The molecule has 1 atom stereocenters. The number of carbonyl (C=O) groups is 4. The molecular formula is C23H23ClN4O6. The number of Topliss-reactive ketones (excluding diaryl/α,β-unsaturated/α-hetero) is 1. The topological polar surface area (TPSA) is 130 Å². The van der Waals surface area contributed by atoms with Crippen LogP contribution < -0.4 is 5.32 Å². The molecule has 0 aromatic heterocycles. The highest BCUT2D eigenvalue weighted by atomic mass is 35.5. The molecule has 178 valence electrons. The van der Waals surface area contributed by atoms with E-state index in [4.69, 9.17) is 11.6 Å². The van der Waals surface area contributed by atoms with E-state index < -0.39 is 39.0 Å². The van der Waals surface area contributed by atoms with Gasteiger partial charge in [-0.15, -0.1) is 0 Å². The number of nitrogens with zero attached hydrogens (tertiary/aromatic N) is 3. The molecule has 3 rings (SSSR count). The second kappa shape index (κ2) is 9.22. The van der Waals surface area contributed by atoms with Crippen LogP contribution in [-0.2, 0) is 20.9 Å². The number of nitro benzene ring substituents is 1. The van der Waals surface area contributed by atoms with Crippen LogP contribution in [0.4, 0.5) is 16.2 Å². The number of hydrogen-bond donors (Lipinski definition) is 1. The number of anilines is 1. The average Bonchev–Trinajstić information content (AvgIpc) is 3.06. The molecule has 0 saturated carbocycles. The van der Waals surface area contributed by atoms with Crippen molar-refractivity contribution in [1.82, 2.24) is 9.80 Å². The zero-order chi connectivity index (χ0) is 25.3. The fourth-order valence-electron chi connectivity index (χ4n) is 3.49. The number of alkyl halides is 1. The van der Waals surface area contributed by atoms with Gasteiger partial charge in [0.15, 0.2) is 5.78 Å². The molecule has 2 aromatic rings. The van der Waals surface area contributed by atoms with E-state index in [1.54, 1.807) is 30.3 Å². The Labute approximate surface area is 200 Å². The lowest BCUT2D eigenvalue weighted by Gasteiger charge is -2.36. The van der Waals surface area contributed by atoms with E-state index in [1.165, 1.54) is 43.9 Å². The van der Waals surface area contributed by atoms with Crippen LogP contribution >= 0.6 is 11.6 Å². The Bertz CT molecular complexity index is 1160. The van der Waals surface area contributed by atoms with Crippen molar-refractivity contribution >= 4 is 46.6 Å². The highest BCUT2D eigenvalue weighted by Crippen LogP contribution is 2.36. The van der Waals surface area contributed by atoms with Crippen LogP contribution in [0, 0.1) is 15.5 Å². The minimum absolute atomic E-state index is 0.0221. The predicted octanol–water partition coefficient (Wildman–Crippen LogP) is 3.55. The molecule has 2 aromatic carbocycles. The molecule has 4 amide bonds. The predicted molar refractivity (Wildman–Crippen MR) is 124 cm³/mol. The van der Waals surface area contributed by atoms with E-state index in [0.29, 0.717) is 4.90 Å². The number of imide groups is 1. The molecule has 0 bridgehead atoms. The number of benzene rings is 2. The van der Waals surface area contributed by atoms with Gasteiger partial charge < -0.3 is 10.2 Å². The van der Waals surface area contributed by atoms with Crippen molar-refractivity contribution in [1.29, 1.82) is 0 Å². The third-order valence-electron chi connectivity index (χ3n) is 5.16. The number of carbonyl (C=O) groups excluding carboxylic acids is 4. The summed E-state index contributed by atoms with van der Waals surface area (Å²) in [7, 11) is 0. The third-order valence-corrected chi connectivity index (χ3v) is 5.67. The van der Waals surface area contributed by atoms with E-state index >= 15 is 0 Å². The summed E-state index contributed by atoms with van der Waals surface area (Å²) < 4.78 is 0. The number of amides is 4. The van der Waals surface area contributed by atoms with E-state index in [1.807, 2.05) is 0 Å². The Morgan fingerprint density at radius 3 is 2.32 bits per heavy atom. The Morgan fingerprint density at radius 1 is 1.09 bits per heavy atom. The van der Waals surface area contributed by atoms with E-state index in [9.17, 15) is 29.3 Å². The van der Waals surface area contributed by atoms with Crippen molar-refractivity contribution in [3.8, 4) is 0 Å². The molecule has 1 unspecified atom stereocenters. The first-order valence-electron chi connectivity index (χ1n) is 10.3. The molecule has 34 heavy (non-hydrogen) atoms. The van der Waals surface area contributed by atoms with Gasteiger partial charge in [0, 0.05) is 29.8 Å². The molecule has 1 aliphatic rings. The van der Waals surface area contributed by atoms with Gasteiger partial charge in [-0.05, 0) is 11.6 Å². The molecule has 11 heteroatoms. The van der Waals surface area contributed by atoms with Crippen LogP contribution in [0.5, 0.6) is 0 Å². The molecule has 1 aliphatic heterocycles. The summed E-state index contributed by atoms with van der Waals surface area (Å²) in [5, 5.41) is 13.4. The van der Waals surface area contributed by atoms with Crippen molar-refractivity contribution in [3.05, 3.63) is 70.3 Å². The molecule has 1 N–H and O–H groups in total. The number of nitrogens with one attached hydrogen (secondary N) is 1. The van der Waals surface area contributed by atoms with Crippen LogP contribution in [0.1, 0.15) is 26.3 Å². The summed E-state index contributed by atoms with van der Waals surface area (Å²) in [5.41, 5.74) is -0.794. The number of rotatable bonds is 7. The van der Waals surface area contributed by atoms with Gasteiger partial charge in [-0.2, -0.15) is 0 Å². The fraction of sp³-hybridized carbons (Fsp3) is 0.304. The Hall–Kier alpha value is -3.79. The van der Waals surface area contributed by atoms with Crippen molar-refractivity contribution < 1.29 is 24.1 Å². The normalized spacial score (nSPS) is 15.8. The lowest BCUT2D eigenvalue weighted by molar-refractivity contribution is -0.384. The number of halogens is 1. The van der Waals surface area contributed by atoms with Crippen LogP contribution in [0.2, 0.25) is 0 Å². The highest BCUT2D eigenvalue weighted by molar-refractivity contribution is 6.50. The first kappa shape index (κ1) is 24.8. The van der Waals surface area contributed by atoms with Gasteiger partial charge in [0.25, 0.3) is 22.5 Å². The monoisotopic (exact) mass is 486 g/mol. The molecular weight excluding hydrogens is 464 g/mol. The second-order valence-corrected chi connectivity index (χ2v) is 9.36. The SMILES string of the molecule is CC(C)(C)C(=O)C(Cl)(C(=O)Nc1cccc([N+](=O)[O-])c1)N1C(=O)CN(Cc2ccccc2)C1=O. The fourth-order valence-corrected chi connectivity index (χ4v) is 3.99. The van der Waals surface area contributed by atoms with Gasteiger partial charge in [0.2, 0.25) is 0 Å². The maximum absolute atomic E-state index is 13.4. The van der Waals surface area contributed by atoms with Gasteiger partial charge in [0.1, 0.15) is 6.54 Å². The number of non-ortho nitro benzene ring substituents is 1. The molecule has 0 radical (unpaired) electrons. The Balaban J connectivity index is 1.98. The molecule has 1 heterocycles. The van der Waals surface area contributed by atoms with Crippen LogP contribution in [0.3, 0.4) is 0 Å². The molecule has 1 fully saturated rings. The number of hydrogen-bond acceptors (Lipinski definition) is 6. The molecule has 10 nitrogen and oxygen atoms in total. The molecule has 0 aliphatic carbocycles. The molecule has 1 saturated heterocycles. The van der Waals surface area contributed by atoms with E-state index in [-0.39, 0.29) is 24.5 Å². The number of nitro groups is 1. The first-order chi connectivity index (χ1) is 15.9. The van der Waals surface area contributed by atoms with Crippen molar-refractivity contribution in [2.45, 2.75) is 32.3 Å². The smallest absolute Gasteiger partial charge is 0.322 e. The summed E-state index contributed by atoms with van der Waals surface area (Å²) in [6, 6.07) is 13.0. The summed E-state index contributed by atoms with van der Waals surface area (Å²) >= 11 is 6.60. The Kier molecular flexibility index (Phi) is 6.74. The van der Waals surface area contributed by atoms with Gasteiger partial charge in [0.05, 0.1) is 4.92 Å². The van der Waals surface area contributed by atoms with Gasteiger partial charge in [-0.3, -0.25) is 24.5 Å². The van der Waals surface area contributed by atoms with Gasteiger partial charge in [-0.1, -0.05) is 68.8 Å². The number of urea groups is 1. The lowest BCUT2D eigenvalue weighted by Crippen LogP contribution is -2.63. The third kappa shape index (κ3) is 4.76. The first-order valence-corrected chi connectivity index (χ1v) is 10.7. The quantitative estimate of drug-likeness (QED) is 0.159. The minimum Gasteiger partial charge on any atom is -0.322 e. The summed E-state index contributed by atoms with van der Waals surface area (Å²) in [6.45, 7) is 4.20. The summed E-state index contributed by atoms with van der Waals surface area (Å²) in [5.74, 6) is -2.87. The standard InChI is InChI=1S/C23H23ClN4O6/c1-22(2,3)19(30)23(24,20(31)25-16-10-7-11-17(12-16)28(33)34)27-18(29)14-26(21(27)32)13-15-8-5-4-6-9-15/h4-12H,13-14H2,1-3H3,(H,25,31). The Morgan fingerprint density at radius 2 is 1.74 bits per heavy atom. The maximum atomic E-state index is 13.4. The van der Waals surface area contributed by atoms with Crippen LogP contribution in [0.15, 0.2) is 54.6 Å². The second-order valence-electron chi connectivity index (χ2n) is 8.82. The van der Waals surface area contributed by atoms with Crippen molar-refractivity contribution in [2.75, 3.05) is 11.9 Å². The van der Waals surface area contributed by atoms with Crippen LogP contribution in [-0.4, -0.2) is 49.9 Å². The zero-order valence-electron chi connectivity index (χ0n) is 18.8. The van der Waals surface area contributed by atoms with Crippen LogP contribution in [0.25, 0.3) is 0 Å². The molecule has 0 spiro atoms. The number of ketones is 1. The average molecular weight is 487 g/mol. The highest BCUT2D eigenvalue weighted by Gasteiger charge is 2.60. The summed E-state index contributed by atoms with van der Waals surface area (Å²) in [6.07, 6.45) is 0. The largest absolute Gasteiger partial charge is 0.329 e. The lowest BCUT2D eigenvalue weighted by atomic mass is 9.85. The van der Waals surface area contributed by atoms with Gasteiger partial charge >= 0.3 is 6.03 Å². The van der Waals surface area contributed by atoms with E-state index in [0.717, 1.165) is 11.6 Å². The van der Waals surface area contributed by atoms with Gasteiger partial charge in [-0.25, -0.2) is 9.69 Å². The van der Waals surface area contributed by atoms with E-state index in [2.05, 4.69) is 5.32 Å². The van der Waals surface area contributed by atoms with Crippen molar-refractivity contribution in [2.24, 2.45) is 5.41 Å². The maximum Gasteiger partial charge on any atom is 0.329 e. The minimum atomic E-state index is -2.71.